The van der Waals surface area contributed by atoms with Gasteiger partial charge in [-0.2, -0.15) is 0 Å². The summed E-state index contributed by atoms with van der Waals surface area (Å²) < 4.78 is 0. The zero-order valence-electron chi connectivity index (χ0n) is 12.6. The molecule has 0 spiro atoms. The van der Waals surface area contributed by atoms with E-state index in [9.17, 15) is 0 Å². The number of aryl methyl sites for hydroxylation is 1. The van der Waals surface area contributed by atoms with Crippen molar-refractivity contribution in [2.24, 2.45) is 5.41 Å². The van der Waals surface area contributed by atoms with Crippen molar-refractivity contribution in [3.63, 3.8) is 0 Å². The van der Waals surface area contributed by atoms with E-state index in [0.717, 1.165) is 0 Å². The van der Waals surface area contributed by atoms with Crippen molar-refractivity contribution in [2.45, 2.75) is 34.6 Å². The summed E-state index contributed by atoms with van der Waals surface area (Å²) >= 11 is 0. The number of benzene rings is 1. The Kier molecular flexibility index (Phi) is 3.72. The molecule has 0 nitrogen and oxygen atoms in total. The van der Waals surface area contributed by atoms with Crippen LogP contribution in [0.25, 0.3) is 4.91 Å². The van der Waals surface area contributed by atoms with Gasteiger partial charge in [0, 0.05) is 14.7 Å². The largest absolute Gasteiger partial charge is 0.0587 e. The van der Waals surface area contributed by atoms with Gasteiger partial charge in [0.15, 0.2) is 0 Å². The lowest BCUT2D eigenvalue weighted by Crippen LogP contribution is -2.08. The Hall–Kier alpha value is -0.380. The molecule has 0 fully saturated rings. The molecule has 0 amide bonds. The van der Waals surface area contributed by atoms with Crippen molar-refractivity contribution in [1.29, 1.82) is 0 Å². The fourth-order valence-corrected chi connectivity index (χ4v) is 10.3. The molecule has 2 aliphatic rings. The number of hydrogen-bond donors (Lipinski definition) is 0. The van der Waals surface area contributed by atoms with Gasteiger partial charge in [-0.15, -0.1) is 0 Å². The van der Waals surface area contributed by atoms with Gasteiger partial charge in [0.05, 0.1) is 0 Å². The molecule has 2 aliphatic heterocycles. The molecule has 0 saturated heterocycles. The van der Waals surface area contributed by atoms with Gasteiger partial charge in [-0.05, 0) is 36.5 Å². The molecule has 0 aromatic heterocycles. The van der Waals surface area contributed by atoms with Crippen LogP contribution in [0.3, 0.4) is 0 Å². The van der Waals surface area contributed by atoms with E-state index in [1.807, 2.05) is 10.8 Å². The van der Waals surface area contributed by atoms with Crippen molar-refractivity contribution in [1.82, 2.24) is 0 Å². The zero-order chi connectivity index (χ0) is 14.5. The van der Waals surface area contributed by atoms with Gasteiger partial charge in [0.1, 0.15) is 0 Å². The van der Waals surface area contributed by atoms with Crippen molar-refractivity contribution in [3.05, 3.63) is 51.9 Å². The van der Waals surface area contributed by atoms with E-state index in [1.54, 1.807) is 9.77 Å². The molecule has 0 radical (unpaired) electrons. The van der Waals surface area contributed by atoms with E-state index in [0.29, 0.717) is 0 Å². The topological polar surface area (TPSA) is 0 Å². The molecule has 1 unspecified atom stereocenters. The Bertz CT molecular complexity index is 652. The minimum atomic E-state index is 0.273. The first-order valence-electron chi connectivity index (χ1n) is 6.84. The Balaban J connectivity index is 1.91. The van der Waals surface area contributed by atoms with Crippen molar-refractivity contribution < 1.29 is 0 Å². The van der Waals surface area contributed by atoms with Gasteiger partial charge >= 0.3 is 0 Å². The molecule has 0 aliphatic carbocycles. The molecule has 2 heterocycles. The maximum atomic E-state index is 2.42. The summed E-state index contributed by atoms with van der Waals surface area (Å²) in [5.41, 5.74) is 4.48. The summed E-state index contributed by atoms with van der Waals surface area (Å²) in [5, 5.41) is 0. The molecule has 1 atom stereocenters. The van der Waals surface area contributed by atoms with Gasteiger partial charge in [-0.1, -0.05) is 80.7 Å². The van der Waals surface area contributed by atoms with Crippen LogP contribution in [0.1, 0.15) is 38.8 Å². The quantitative estimate of drug-likeness (QED) is 0.432. The average Bonchev–Trinajstić information content (AvgIpc) is 2.90. The van der Waals surface area contributed by atoms with Crippen LogP contribution in [0.5, 0.6) is 0 Å². The molecule has 1 aromatic rings. The number of hydrogen-bond acceptors (Lipinski definition) is 2. The Morgan fingerprint density at radius 2 is 1.60 bits per heavy atom. The maximum absolute atomic E-state index is 2.42. The molecule has 0 bridgehead atoms. The minimum Gasteiger partial charge on any atom is -0.0587 e. The zero-order valence-corrected chi connectivity index (χ0v) is 15.1. The summed E-state index contributed by atoms with van der Waals surface area (Å²) in [6.07, 6.45) is 2.42. The molecule has 3 heteroatoms. The van der Waals surface area contributed by atoms with Crippen LogP contribution in [0.2, 0.25) is 0 Å². The number of allylic oxidation sites excluding steroid dienone is 3. The molecule has 1 aromatic carbocycles. The fraction of sp³-hybridized carbons (Fsp3) is 0.353. The first kappa shape index (κ1) is 14.6. The van der Waals surface area contributed by atoms with E-state index in [-0.39, 0.29) is 14.0 Å². The lowest BCUT2D eigenvalue weighted by molar-refractivity contribution is 0.532. The van der Waals surface area contributed by atoms with Crippen LogP contribution in [0.15, 0.2) is 40.8 Å². The Morgan fingerprint density at radius 3 is 2.15 bits per heavy atom. The first-order chi connectivity index (χ1) is 9.36. The predicted octanol–water partition coefficient (Wildman–Crippen LogP) is 6.42. The minimum absolute atomic E-state index is 0.273. The molecule has 106 valence electrons. The predicted molar refractivity (Wildman–Crippen MR) is 99.1 cm³/mol. The second-order valence-corrected chi connectivity index (χ2v) is 12.1. The smallest absolute Gasteiger partial charge is 0.0270 e. The van der Waals surface area contributed by atoms with E-state index < -0.39 is 0 Å². The van der Waals surface area contributed by atoms with Crippen molar-refractivity contribution in [2.75, 3.05) is 0 Å². The van der Waals surface area contributed by atoms with E-state index >= 15 is 0 Å². The van der Waals surface area contributed by atoms with E-state index in [2.05, 4.69) is 75.8 Å². The highest BCUT2D eigenvalue weighted by molar-refractivity contribution is 9.18. The standard InChI is InChI=1S/C17H20S3/c1-11-6-8-13(9-7-11)14-10-15-12(2)16(17(3,4)5)19-20(15)18-14/h6-10H,1-5H3. The summed E-state index contributed by atoms with van der Waals surface area (Å²) in [4.78, 5) is 4.56. The highest BCUT2D eigenvalue weighted by Gasteiger charge is 2.32. The highest BCUT2D eigenvalue weighted by atomic mass is 33.5. The van der Waals surface area contributed by atoms with Gasteiger partial charge in [-0.3, -0.25) is 0 Å². The third kappa shape index (κ3) is 2.56. The first-order valence-corrected chi connectivity index (χ1v) is 10.7. The molecule has 20 heavy (non-hydrogen) atoms. The maximum Gasteiger partial charge on any atom is 0.0270 e. The third-order valence-corrected chi connectivity index (χ3v) is 10.4. The summed E-state index contributed by atoms with van der Waals surface area (Å²) in [5.74, 6) is 0. The Labute approximate surface area is 131 Å². The van der Waals surface area contributed by atoms with Crippen LogP contribution in [-0.2, 0) is 0 Å². The van der Waals surface area contributed by atoms with Gasteiger partial charge in [-0.25, -0.2) is 0 Å². The second kappa shape index (κ2) is 5.11. The SMILES string of the molecule is CC1=C(C(C)(C)C)SS2=C1C=C(c1ccc(C)cc1)S2. The van der Waals surface area contributed by atoms with Crippen LogP contribution >= 0.6 is 30.1 Å². The van der Waals surface area contributed by atoms with Crippen molar-refractivity contribution >= 4 is 39.9 Å². The van der Waals surface area contributed by atoms with E-state index in [1.165, 1.54) is 21.6 Å². The highest BCUT2D eigenvalue weighted by Crippen LogP contribution is 2.65. The van der Waals surface area contributed by atoms with E-state index in [4.69, 9.17) is 0 Å². The number of rotatable bonds is 1. The van der Waals surface area contributed by atoms with Gasteiger partial charge in [0.25, 0.3) is 0 Å². The van der Waals surface area contributed by atoms with Gasteiger partial charge in [0.2, 0.25) is 0 Å². The molecule has 0 N–H and O–H groups in total. The monoisotopic (exact) mass is 320 g/mol. The van der Waals surface area contributed by atoms with Crippen LogP contribution in [0, 0.1) is 12.3 Å². The molecular weight excluding hydrogens is 300 g/mol. The Morgan fingerprint density at radius 1 is 0.950 bits per heavy atom. The second-order valence-electron chi connectivity index (χ2n) is 6.34. The van der Waals surface area contributed by atoms with Crippen LogP contribution in [-0.4, -0.2) is 4.86 Å². The molecule has 3 rings (SSSR count). The lowest BCUT2D eigenvalue weighted by Gasteiger charge is -2.21. The molecular formula is C17H20S3. The summed E-state index contributed by atoms with van der Waals surface area (Å²) in [7, 11) is 4.39. The lowest BCUT2D eigenvalue weighted by atomic mass is 9.92. The van der Waals surface area contributed by atoms with Gasteiger partial charge < -0.3 is 0 Å². The molecule has 0 saturated carbocycles. The summed E-state index contributed by atoms with van der Waals surface area (Å²) in [6.45, 7) is 11.4. The van der Waals surface area contributed by atoms with Crippen LogP contribution in [0.4, 0.5) is 0 Å². The van der Waals surface area contributed by atoms with Crippen LogP contribution < -0.4 is 0 Å². The van der Waals surface area contributed by atoms with Crippen molar-refractivity contribution in [3.8, 4) is 0 Å². The summed E-state index contributed by atoms with van der Waals surface area (Å²) in [6, 6.07) is 8.90. The average molecular weight is 321 g/mol. The third-order valence-electron chi connectivity index (χ3n) is 3.49. The normalized spacial score (nSPS) is 22.4. The fourth-order valence-electron chi connectivity index (χ4n) is 2.40.